The van der Waals surface area contributed by atoms with Gasteiger partial charge in [-0.25, -0.2) is 0 Å². The van der Waals surface area contributed by atoms with E-state index in [-0.39, 0.29) is 6.04 Å². The van der Waals surface area contributed by atoms with Gasteiger partial charge in [0.1, 0.15) is 12.4 Å². The fourth-order valence-electron chi connectivity index (χ4n) is 2.35. The molecule has 2 aromatic carbocycles. The summed E-state index contributed by atoms with van der Waals surface area (Å²) in [5.74, 6) is 1.19. The highest BCUT2D eigenvalue weighted by Gasteiger charge is 2.14. The second-order valence-corrected chi connectivity index (χ2v) is 6.73. The Morgan fingerprint density at radius 1 is 1.13 bits per heavy atom. The first-order chi connectivity index (χ1) is 11.1. The molecule has 0 bridgehead atoms. The zero-order valence-electron chi connectivity index (χ0n) is 13.5. The molecule has 3 nitrogen and oxygen atoms in total. The Kier molecular flexibility index (Phi) is 6.66. The van der Waals surface area contributed by atoms with E-state index in [4.69, 9.17) is 4.74 Å². The molecular formula is C19H22BrNO2. The first kappa shape index (κ1) is 17.5. The summed E-state index contributed by atoms with van der Waals surface area (Å²) in [5, 5.41) is 2.89. The van der Waals surface area contributed by atoms with Gasteiger partial charge in [-0.05, 0) is 51.5 Å². The van der Waals surface area contributed by atoms with Crippen molar-refractivity contribution in [3.8, 4) is 5.75 Å². The Balaban J connectivity index is 2.07. The highest BCUT2D eigenvalue weighted by Crippen LogP contribution is 2.28. The van der Waals surface area contributed by atoms with Crippen LogP contribution in [0.3, 0.4) is 0 Å². The van der Waals surface area contributed by atoms with Gasteiger partial charge in [0.15, 0.2) is 0 Å². The summed E-state index contributed by atoms with van der Waals surface area (Å²) in [6.07, 6.45) is 1.56. The summed E-state index contributed by atoms with van der Waals surface area (Å²) < 4.78 is 6.86. The maximum Gasteiger partial charge on any atom is 0.207 e. The van der Waals surface area contributed by atoms with Crippen LogP contribution in [0.4, 0.5) is 0 Å². The highest BCUT2D eigenvalue weighted by molar-refractivity contribution is 9.10. The van der Waals surface area contributed by atoms with Crippen molar-refractivity contribution in [2.75, 3.05) is 0 Å². The summed E-state index contributed by atoms with van der Waals surface area (Å²) in [6, 6.07) is 16.3. The summed E-state index contributed by atoms with van der Waals surface area (Å²) in [4.78, 5) is 10.7. The molecule has 0 heterocycles. The van der Waals surface area contributed by atoms with Gasteiger partial charge in [0.2, 0.25) is 6.41 Å². The van der Waals surface area contributed by atoms with E-state index >= 15 is 0 Å². The largest absolute Gasteiger partial charge is 0.488 e. The molecule has 0 aliphatic carbocycles. The summed E-state index contributed by atoms with van der Waals surface area (Å²) in [6.45, 7) is 4.74. The molecule has 0 radical (unpaired) electrons. The fraction of sp³-hybridized carbons (Fsp3) is 0.316. The van der Waals surface area contributed by atoms with Gasteiger partial charge in [-0.3, -0.25) is 4.79 Å². The molecule has 0 saturated carbocycles. The van der Waals surface area contributed by atoms with Crippen LogP contribution in [0, 0.1) is 5.92 Å². The number of rotatable bonds is 8. The zero-order valence-corrected chi connectivity index (χ0v) is 15.0. The molecule has 1 unspecified atom stereocenters. The molecule has 0 saturated heterocycles. The average molecular weight is 376 g/mol. The molecule has 1 N–H and O–H groups in total. The molecule has 0 spiro atoms. The summed E-state index contributed by atoms with van der Waals surface area (Å²) >= 11 is 3.53. The third-order valence-electron chi connectivity index (χ3n) is 3.78. The van der Waals surface area contributed by atoms with Crippen molar-refractivity contribution in [2.45, 2.75) is 32.9 Å². The minimum absolute atomic E-state index is 0.121. The molecule has 0 aliphatic rings. The number of benzene rings is 2. The number of halogens is 1. The van der Waals surface area contributed by atoms with E-state index in [0.29, 0.717) is 12.5 Å². The molecule has 4 heteroatoms. The first-order valence-corrected chi connectivity index (χ1v) is 8.54. The molecular weight excluding hydrogens is 354 g/mol. The van der Waals surface area contributed by atoms with Gasteiger partial charge >= 0.3 is 0 Å². The monoisotopic (exact) mass is 375 g/mol. The zero-order chi connectivity index (χ0) is 16.7. The van der Waals surface area contributed by atoms with Crippen LogP contribution < -0.4 is 10.1 Å². The van der Waals surface area contributed by atoms with Crippen LogP contribution in [-0.2, 0) is 17.8 Å². The molecule has 1 amide bonds. The number of hydrogen-bond donors (Lipinski definition) is 1. The van der Waals surface area contributed by atoms with Crippen LogP contribution in [0.5, 0.6) is 5.75 Å². The van der Waals surface area contributed by atoms with Crippen molar-refractivity contribution in [3.63, 3.8) is 0 Å². The van der Waals surface area contributed by atoms with Gasteiger partial charge < -0.3 is 10.1 Å². The predicted molar refractivity (Wildman–Crippen MR) is 96.4 cm³/mol. The third kappa shape index (κ3) is 5.39. The molecule has 23 heavy (non-hydrogen) atoms. The standard InChI is InChI=1S/C19H22BrNO2/c1-14(2)18(21-13-22)10-16-8-9-17(20)19(11-16)23-12-15-6-4-3-5-7-15/h3-9,11,13-14,18H,10,12H2,1-2H3,(H,21,22). The molecule has 0 fully saturated rings. The van der Waals surface area contributed by atoms with E-state index in [0.717, 1.165) is 34.2 Å². The summed E-state index contributed by atoms with van der Waals surface area (Å²) in [7, 11) is 0. The third-order valence-corrected chi connectivity index (χ3v) is 4.43. The lowest BCUT2D eigenvalue weighted by molar-refractivity contribution is -0.110. The van der Waals surface area contributed by atoms with E-state index < -0.39 is 0 Å². The number of nitrogens with one attached hydrogen (secondary N) is 1. The van der Waals surface area contributed by atoms with E-state index in [9.17, 15) is 4.79 Å². The Morgan fingerprint density at radius 3 is 2.52 bits per heavy atom. The van der Waals surface area contributed by atoms with Crippen molar-refractivity contribution >= 4 is 22.3 Å². The molecule has 1 atom stereocenters. The van der Waals surface area contributed by atoms with Crippen LogP contribution in [0.1, 0.15) is 25.0 Å². The van der Waals surface area contributed by atoms with Crippen molar-refractivity contribution in [1.82, 2.24) is 5.32 Å². The van der Waals surface area contributed by atoms with Crippen LogP contribution in [-0.4, -0.2) is 12.5 Å². The van der Waals surface area contributed by atoms with Gasteiger partial charge in [0.05, 0.1) is 4.47 Å². The minimum Gasteiger partial charge on any atom is -0.488 e. The summed E-state index contributed by atoms with van der Waals surface area (Å²) in [5.41, 5.74) is 2.27. The lowest BCUT2D eigenvalue weighted by Gasteiger charge is -2.20. The van der Waals surface area contributed by atoms with Gasteiger partial charge in [-0.15, -0.1) is 0 Å². The number of carbonyl (C=O) groups is 1. The molecule has 2 aromatic rings. The van der Waals surface area contributed by atoms with Crippen molar-refractivity contribution < 1.29 is 9.53 Å². The van der Waals surface area contributed by atoms with Gasteiger partial charge in [-0.1, -0.05) is 50.2 Å². The average Bonchev–Trinajstić information content (AvgIpc) is 2.55. The van der Waals surface area contributed by atoms with E-state index in [1.165, 1.54) is 0 Å². The van der Waals surface area contributed by atoms with Crippen LogP contribution >= 0.6 is 15.9 Å². The molecule has 2 rings (SSSR count). The topological polar surface area (TPSA) is 38.3 Å². The maximum absolute atomic E-state index is 10.7. The van der Waals surface area contributed by atoms with Crippen LogP contribution in [0.2, 0.25) is 0 Å². The Hall–Kier alpha value is -1.81. The number of carbonyl (C=O) groups excluding carboxylic acids is 1. The second kappa shape index (κ2) is 8.73. The maximum atomic E-state index is 10.7. The normalized spacial score (nSPS) is 12.0. The van der Waals surface area contributed by atoms with E-state index in [2.05, 4.69) is 41.2 Å². The lowest BCUT2D eigenvalue weighted by Crippen LogP contribution is -2.34. The van der Waals surface area contributed by atoms with E-state index in [1.807, 2.05) is 42.5 Å². The van der Waals surface area contributed by atoms with Gasteiger partial charge in [-0.2, -0.15) is 0 Å². The quantitative estimate of drug-likeness (QED) is 0.696. The smallest absolute Gasteiger partial charge is 0.207 e. The molecule has 0 aromatic heterocycles. The predicted octanol–water partition coefficient (Wildman–Crippen LogP) is 4.34. The highest BCUT2D eigenvalue weighted by atomic mass is 79.9. The Labute approximate surface area is 146 Å². The number of amides is 1. The van der Waals surface area contributed by atoms with Crippen molar-refractivity contribution in [2.24, 2.45) is 5.92 Å². The SMILES string of the molecule is CC(C)C(Cc1ccc(Br)c(OCc2ccccc2)c1)NC=O. The fourth-order valence-corrected chi connectivity index (χ4v) is 2.71. The minimum atomic E-state index is 0.121. The Bertz CT molecular complexity index is 629. The van der Waals surface area contributed by atoms with Crippen LogP contribution in [0.25, 0.3) is 0 Å². The van der Waals surface area contributed by atoms with E-state index in [1.54, 1.807) is 0 Å². The van der Waals surface area contributed by atoms with Gasteiger partial charge in [0.25, 0.3) is 0 Å². The lowest BCUT2D eigenvalue weighted by atomic mass is 9.96. The van der Waals surface area contributed by atoms with Crippen molar-refractivity contribution in [3.05, 3.63) is 64.1 Å². The van der Waals surface area contributed by atoms with Crippen LogP contribution in [0.15, 0.2) is 53.0 Å². The Morgan fingerprint density at radius 2 is 1.87 bits per heavy atom. The molecule has 0 aliphatic heterocycles. The first-order valence-electron chi connectivity index (χ1n) is 7.75. The number of hydrogen-bond acceptors (Lipinski definition) is 2. The molecule has 122 valence electrons. The van der Waals surface area contributed by atoms with Gasteiger partial charge in [0, 0.05) is 6.04 Å². The second-order valence-electron chi connectivity index (χ2n) is 5.88. The number of ether oxygens (including phenoxy) is 1. The van der Waals surface area contributed by atoms with Crippen molar-refractivity contribution in [1.29, 1.82) is 0 Å².